The fourth-order valence-electron chi connectivity index (χ4n) is 1.48. The summed E-state index contributed by atoms with van der Waals surface area (Å²) in [5, 5.41) is 8.99. The highest BCUT2D eigenvalue weighted by atomic mass is 79.9. The molecular weight excluding hydrogens is 336 g/mol. The first-order valence-corrected chi connectivity index (χ1v) is 8.33. The summed E-state index contributed by atoms with van der Waals surface area (Å²) in [6, 6.07) is 4.50. The van der Waals surface area contributed by atoms with Crippen LogP contribution in [0.25, 0.3) is 0 Å². The molecule has 0 spiro atoms. The van der Waals surface area contributed by atoms with E-state index in [1.165, 1.54) is 12.1 Å². The van der Waals surface area contributed by atoms with Crippen LogP contribution in [0.1, 0.15) is 23.7 Å². The maximum atomic E-state index is 11.5. The zero-order valence-corrected chi connectivity index (χ0v) is 12.8. The smallest absolute Gasteiger partial charge is 0.339 e. The van der Waals surface area contributed by atoms with Crippen molar-refractivity contribution >= 4 is 31.7 Å². The molecule has 0 fully saturated rings. The van der Waals surface area contributed by atoms with Crippen LogP contribution in [0.4, 0.5) is 0 Å². The van der Waals surface area contributed by atoms with Gasteiger partial charge in [0, 0.05) is 4.47 Å². The second-order valence-corrected chi connectivity index (χ2v) is 7.17. The summed E-state index contributed by atoms with van der Waals surface area (Å²) in [6.07, 6.45) is 0.555. The van der Waals surface area contributed by atoms with Gasteiger partial charge < -0.3 is 9.84 Å². The Morgan fingerprint density at radius 1 is 1.37 bits per heavy atom. The van der Waals surface area contributed by atoms with E-state index in [1.54, 1.807) is 13.0 Å². The lowest BCUT2D eigenvalue weighted by Gasteiger charge is -2.09. The van der Waals surface area contributed by atoms with E-state index in [0.717, 1.165) is 0 Å². The third-order valence-corrected chi connectivity index (χ3v) is 4.65. The normalized spacial score (nSPS) is 11.3. The molecule has 0 aliphatic rings. The molecule has 106 valence electrons. The molecule has 1 rings (SSSR count). The van der Waals surface area contributed by atoms with Gasteiger partial charge in [0.2, 0.25) is 0 Å². The Bertz CT molecular complexity index is 553. The van der Waals surface area contributed by atoms with Crippen LogP contribution in [0.5, 0.6) is 5.75 Å². The second-order valence-electron chi connectivity index (χ2n) is 3.95. The molecule has 7 heteroatoms. The van der Waals surface area contributed by atoms with E-state index >= 15 is 0 Å². The molecule has 0 bridgehead atoms. The van der Waals surface area contributed by atoms with Crippen LogP contribution in [0.15, 0.2) is 22.7 Å². The minimum absolute atomic E-state index is 0.0103. The van der Waals surface area contributed by atoms with E-state index in [2.05, 4.69) is 15.9 Å². The Labute approximate surface area is 120 Å². The number of carboxylic acid groups (broad SMARTS) is 1. The third kappa shape index (κ3) is 5.20. The van der Waals surface area contributed by atoms with Crippen LogP contribution in [-0.2, 0) is 9.84 Å². The average Bonchev–Trinajstić information content (AvgIpc) is 2.28. The lowest BCUT2D eigenvalue weighted by atomic mass is 10.2. The highest BCUT2D eigenvalue weighted by Gasteiger charge is 2.14. The Kier molecular flexibility index (Phi) is 5.81. The molecule has 0 aromatic heterocycles. The molecule has 1 aromatic carbocycles. The van der Waals surface area contributed by atoms with Crippen LogP contribution >= 0.6 is 15.9 Å². The monoisotopic (exact) mass is 350 g/mol. The molecule has 0 heterocycles. The zero-order chi connectivity index (χ0) is 14.5. The lowest BCUT2D eigenvalue weighted by Crippen LogP contribution is -2.17. The molecule has 0 unspecified atom stereocenters. The molecular formula is C12H15BrO5S. The van der Waals surface area contributed by atoms with Gasteiger partial charge in [-0.25, -0.2) is 13.2 Å². The van der Waals surface area contributed by atoms with E-state index < -0.39 is 15.8 Å². The topological polar surface area (TPSA) is 80.7 Å². The van der Waals surface area contributed by atoms with Crippen molar-refractivity contribution in [3.63, 3.8) is 0 Å². The van der Waals surface area contributed by atoms with Crippen LogP contribution in [0.3, 0.4) is 0 Å². The molecule has 0 saturated carbocycles. The van der Waals surface area contributed by atoms with Crippen molar-refractivity contribution in [1.29, 1.82) is 0 Å². The SMILES string of the molecule is CCCS(=O)(=O)CCOc1cc(Br)ccc1C(=O)O. The van der Waals surface area contributed by atoms with Crippen LogP contribution in [-0.4, -0.2) is 37.6 Å². The molecule has 5 nitrogen and oxygen atoms in total. The average molecular weight is 351 g/mol. The standard InChI is InChI=1S/C12H15BrO5S/c1-2-6-19(16,17)7-5-18-11-8-9(13)3-4-10(11)12(14)15/h3-4,8H,2,5-7H2,1H3,(H,14,15). The van der Waals surface area contributed by atoms with Gasteiger partial charge in [-0.1, -0.05) is 22.9 Å². The number of hydrogen-bond donors (Lipinski definition) is 1. The quantitative estimate of drug-likeness (QED) is 0.816. The Hall–Kier alpha value is -1.08. The molecule has 1 N–H and O–H groups in total. The predicted molar refractivity (Wildman–Crippen MR) is 75.5 cm³/mol. The van der Waals surface area contributed by atoms with Crippen molar-refractivity contribution in [2.24, 2.45) is 0 Å². The van der Waals surface area contributed by atoms with E-state index in [1.807, 2.05) is 0 Å². The van der Waals surface area contributed by atoms with Crippen molar-refractivity contribution in [3.8, 4) is 5.75 Å². The summed E-state index contributed by atoms with van der Waals surface area (Å²) in [6.45, 7) is 1.73. The number of carbonyl (C=O) groups is 1. The molecule has 0 amide bonds. The summed E-state index contributed by atoms with van der Waals surface area (Å²) in [4.78, 5) is 11.0. The number of carboxylic acids is 1. The largest absolute Gasteiger partial charge is 0.492 e. The fraction of sp³-hybridized carbons (Fsp3) is 0.417. The van der Waals surface area contributed by atoms with Gasteiger partial charge in [-0.2, -0.15) is 0 Å². The Morgan fingerprint density at radius 2 is 2.05 bits per heavy atom. The van der Waals surface area contributed by atoms with Crippen LogP contribution < -0.4 is 4.74 Å². The fourth-order valence-corrected chi connectivity index (χ4v) is 2.99. The van der Waals surface area contributed by atoms with Crippen LogP contribution in [0.2, 0.25) is 0 Å². The first-order valence-electron chi connectivity index (χ1n) is 5.72. The van der Waals surface area contributed by atoms with Crippen molar-refractivity contribution in [3.05, 3.63) is 28.2 Å². The number of sulfone groups is 1. The number of benzene rings is 1. The van der Waals surface area contributed by atoms with Crippen molar-refractivity contribution < 1.29 is 23.1 Å². The summed E-state index contributed by atoms with van der Waals surface area (Å²) in [7, 11) is -3.13. The van der Waals surface area contributed by atoms with Gasteiger partial charge >= 0.3 is 5.97 Å². The van der Waals surface area contributed by atoms with Gasteiger partial charge in [0.25, 0.3) is 0 Å². The first-order chi connectivity index (χ1) is 8.85. The molecule has 1 aromatic rings. The Balaban J connectivity index is 2.73. The summed E-state index contributed by atoms with van der Waals surface area (Å²) < 4.78 is 28.9. The summed E-state index contributed by atoms with van der Waals surface area (Å²) in [5.74, 6) is -0.958. The molecule has 19 heavy (non-hydrogen) atoms. The molecule has 0 atom stereocenters. The highest BCUT2D eigenvalue weighted by molar-refractivity contribution is 9.10. The molecule has 0 aliphatic heterocycles. The molecule has 0 radical (unpaired) electrons. The van der Waals surface area contributed by atoms with Gasteiger partial charge in [-0.3, -0.25) is 0 Å². The maximum Gasteiger partial charge on any atom is 0.339 e. The van der Waals surface area contributed by atoms with Gasteiger partial charge in [-0.15, -0.1) is 0 Å². The van der Waals surface area contributed by atoms with Crippen molar-refractivity contribution in [1.82, 2.24) is 0 Å². The minimum atomic E-state index is -3.13. The number of aromatic carboxylic acids is 1. The van der Waals surface area contributed by atoms with E-state index in [0.29, 0.717) is 10.9 Å². The number of hydrogen-bond acceptors (Lipinski definition) is 4. The van der Waals surface area contributed by atoms with Gasteiger partial charge in [0.05, 0.1) is 11.5 Å². The van der Waals surface area contributed by atoms with E-state index in [-0.39, 0.29) is 29.4 Å². The minimum Gasteiger partial charge on any atom is -0.492 e. The summed E-state index contributed by atoms with van der Waals surface area (Å²) >= 11 is 3.21. The number of rotatable bonds is 7. The van der Waals surface area contributed by atoms with Gasteiger partial charge in [0.15, 0.2) is 9.84 Å². The van der Waals surface area contributed by atoms with Crippen LogP contribution in [0, 0.1) is 0 Å². The highest BCUT2D eigenvalue weighted by Crippen LogP contribution is 2.23. The zero-order valence-electron chi connectivity index (χ0n) is 10.4. The molecule has 0 saturated heterocycles. The Morgan fingerprint density at radius 3 is 2.63 bits per heavy atom. The van der Waals surface area contributed by atoms with Gasteiger partial charge in [0.1, 0.15) is 17.9 Å². The summed E-state index contributed by atoms with van der Waals surface area (Å²) in [5.41, 5.74) is 0.0103. The van der Waals surface area contributed by atoms with Gasteiger partial charge in [-0.05, 0) is 24.6 Å². The van der Waals surface area contributed by atoms with Crippen molar-refractivity contribution in [2.45, 2.75) is 13.3 Å². The van der Waals surface area contributed by atoms with E-state index in [4.69, 9.17) is 9.84 Å². The third-order valence-electron chi connectivity index (χ3n) is 2.34. The lowest BCUT2D eigenvalue weighted by molar-refractivity contribution is 0.0692. The predicted octanol–water partition coefficient (Wildman–Crippen LogP) is 2.35. The molecule has 0 aliphatic carbocycles. The first kappa shape index (κ1) is 16.0. The number of ether oxygens (including phenoxy) is 1. The number of halogens is 1. The maximum absolute atomic E-state index is 11.5. The second kappa shape index (κ2) is 6.91. The van der Waals surface area contributed by atoms with E-state index in [9.17, 15) is 13.2 Å². The van der Waals surface area contributed by atoms with Crippen molar-refractivity contribution in [2.75, 3.05) is 18.1 Å².